The van der Waals surface area contributed by atoms with Crippen molar-refractivity contribution in [2.45, 2.75) is 32.7 Å². The van der Waals surface area contributed by atoms with E-state index in [9.17, 15) is 14.9 Å². The highest BCUT2D eigenvalue weighted by Gasteiger charge is 2.25. The Hall–Kier alpha value is -3.29. The van der Waals surface area contributed by atoms with Gasteiger partial charge in [0.25, 0.3) is 11.6 Å². The predicted molar refractivity (Wildman–Crippen MR) is 117 cm³/mol. The third kappa shape index (κ3) is 4.57. The first-order valence-corrected chi connectivity index (χ1v) is 10.7. The Kier molecular flexibility index (Phi) is 5.97. The average molecular weight is 425 g/mol. The molecule has 0 bridgehead atoms. The van der Waals surface area contributed by atoms with Gasteiger partial charge in [-0.3, -0.25) is 14.9 Å². The molecule has 8 nitrogen and oxygen atoms in total. The highest BCUT2D eigenvalue weighted by Crippen LogP contribution is 2.33. The SMILES string of the molecule is CC1CCN(c2ccc([N+](=O)[O-])cc2C(=O)NC(C)c2ccc3c(c2)OCCO3)CC1. The van der Waals surface area contributed by atoms with Crippen LogP contribution in [-0.4, -0.2) is 37.1 Å². The number of carbonyl (C=O) groups excluding carboxylic acids is 1. The van der Waals surface area contributed by atoms with Gasteiger partial charge in [0.05, 0.1) is 22.2 Å². The number of benzene rings is 2. The van der Waals surface area contributed by atoms with Gasteiger partial charge in [-0.2, -0.15) is 0 Å². The molecule has 2 aliphatic rings. The summed E-state index contributed by atoms with van der Waals surface area (Å²) in [6.07, 6.45) is 2.07. The molecule has 0 aliphatic carbocycles. The van der Waals surface area contributed by atoms with Gasteiger partial charge in [-0.15, -0.1) is 0 Å². The Morgan fingerprint density at radius 1 is 1.13 bits per heavy atom. The van der Waals surface area contributed by atoms with Gasteiger partial charge in [0, 0.05) is 25.2 Å². The monoisotopic (exact) mass is 425 g/mol. The molecule has 2 aromatic carbocycles. The summed E-state index contributed by atoms with van der Waals surface area (Å²) in [4.78, 5) is 26.2. The van der Waals surface area contributed by atoms with Crippen LogP contribution in [0, 0.1) is 16.0 Å². The normalized spacial score (nSPS) is 17.2. The zero-order valence-corrected chi connectivity index (χ0v) is 17.8. The number of nitro groups is 1. The third-order valence-electron chi connectivity index (χ3n) is 5.97. The fourth-order valence-electron chi connectivity index (χ4n) is 4.03. The van der Waals surface area contributed by atoms with Crippen molar-refractivity contribution in [3.63, 3.8) is 0 Å². The minimum atomic E-state index is -0.469. The second-order valence-corrected chi connectivity index (χ2v) is 8.23. The van der Waals surface area contributed by atoms with Crippen LogP contribution in [0.2, 0.25) is 0 Å². The lowest BCUT2D eigenvalue weighted by atomic mass is 9.97. The minimum absolute atomic E-state index is 0.0914. The number of rotatable bonds is 5. The molecule has 1 atom stereocenters. The maximum absolute atomic E-state index is 13.2. The lowest BCUT2D eigenvalue weighted by Gasteiger charge is -2.33. The summed E-state index contributed by atoms with van der Waals surface area (Å²) in [5.41, 5.74) is 1.85. The molecule has 4 rings (SSSR count). The molecule has 31 heavy (non-hydrogen) atoms. The fourth-order valence-corrected chi connectivity index (χ4v) is 4.03. The van der Waals surface area contributed by atoms with Crippen molar-refractivity contribution in [3.8, 4) is 11.5 Å². The van der Waals surface area contributed by atoms with E-state index < -0.39 is 4.92 Å². The highest BCUT2D eigenvalue weighted by atomic mass is 16.6. The summed E-state index contributed by atoms with van der Waals surface area (Å²) in [5, 5.41) is 14.3. The standard InChI is InChI=1S/C23H27N3O5/c1-15-7-9-25(10-8-15)20-5-4-18(26(28)29)14-19(20)23(27)24-16(2)17-3-6-21-22(13-17)31-12-11-30-21/h3-6,13-16H,7-12H2,1-2H3,(H,24,27). The molecule has 0 radical (unpaired) electrons. The molecule has 2 heterocycles. The van der Waals surface area contributed by atoms with Gasteiger partial charge in [-0.1, -0.05) is 13.0 Å². The summed E-state index contributed by atoms with van der Waals surface area (Å²) in [6, 6.07) is 9.81. The van der Waals surface area contributed by atoms with Crippen molar-refractivity contribution in [1.82, 2.24) is 5.32 Å². The van der Waals surface area contributed by atoms with E-state index in [-0.39, 0.29) is 17.6 Å². The molecule has 0 aromatic heterocycles. The van der Waals surface area contributed by atoms with E-state index in [1.165, 1.54) is 12.1 Å². The summed E-state index contributed by atoms with van der Waals surface area (Å²) in [7, 11) is 0. The Bertz CT molecular complexity index is 985. The molecule has 1 saturated heterocycles. The van der Waals surface area contributed by atoms with Gasteiger partial charge in [-0.05, 0) is 49.4 Å². The van der Waals surface area contributed by atoms with Crippen molar-refractivity contribution >= 4 is 17.3 Å². The molecule has 8 heteroatoms. The number of anilines is 1. The summed E-state index contributed by atoms with van der Waals surface area (Å²) in [6.45, 7) is 6.76. The molecule has 0 saturated carbocycles. The Morgan fingerprint density at radius 3 is 2.55 bits per heavy atom. The van der Waals surface area contributed by atoms with Crippen LogP contribution in [0.3, 0.4) is 0 Å². The number of nitrogens with one attached hydrogen (secondary N) is 1. The zero-order chi connectivity index (χ0) is 22.0. The number of hydrogen-bond acceptors (Lipinski definition) is 6. The van der Waals surface area contributed by atoms with Gasteiger partial charge >= 0.3 is 0 Å². The van der Waals surface area contributed by atoms with Crippen LogP contribution in [-0.2, 0) is 0 Å². The van der Waals surface area contributed by atoms with E-state index in [0.29, 0.717) is 36.2 Å². The fraction of sp³-hybridized carbons (Fsp3) is 0.435. The van der Waals surface area contributed by atoms with E-state index in [1.807, 2.05) is 25.1 Å². The predicted octanol–water partition coefficient (Wildman–Crippen LogP) is 4.09. The quantitative estimate of drug-likeness (QED) is 0.573. The molecule has 2 aliphatic heterocycles. The molecule has 2 aromatic rings. The van der Waals surface area contributed by atoms with E-state index in [0.717, 1.165) is 37.2 Å². The number of nitrogens with zero attached hydrogens (tertiary/aromatic N) is 2. The van der Waals surface area contributed by atoms with Crippen LogP contribution in [0.25, 0.3) is 0 Å². The lowest BCUT2D eigenvalue weighted by molar-refractivity contribution is -0.384. The first-order valence-electron chi connectivity index (χ1n) is 10.7. The number of piperidine rings is 1. The molecule has 1 unspecified atom stereocenters. The van der Waals surface area contributed by atoms with Crippen LogP contribution in [0.4, 0.5) is 11.4 Å². The van der Waals surface area contributed by atoms with Crippen LogP contribution in [0.15, 0.2) is 36.4 Å². The second-order valence-electron chi connectivity index (χ2n) is 8.23. The summed E-state index contributed by atoms with van der Waals surface area (Å²) in [5.74, 6) is 1.65. The molecule has 1 fully saturated rings. The van der Waals surface area contributed by atoms with Crippen LogP contribution < -0.4 is 19.7 Å². The first-order chi connectivity index (χ1) is 14.9. The Balaban J connectivity index is 1.57. The largest absolute Gasteiger partial charge is 0.486 e. The first kappa shape index (κ1) is 21.0. The minimum Gasteiger partial charge on any atom is -0.486 e. The van der Waals surface area contributed by atoms with Gasteiger partial charge in [0.2, 0.25) is 0 Å². The van der Waals surface area contributed by atoms with E-state index in [1.54, 1.807) is 6.07 Å². The lowest BCUT2D eigenvalue weighted by Crippen LogP contribution is -2.35. The Morgan fingerprint density at radius 2 is 1.84 bits per heavy atom. The second kappa shape index (κ2) is 8.83. The van der Waals surface area contributed by atoms with Gasteiger partial charge in [0.15, 0.2) is 11.5 Å². The molecule has 1 N–H and O–H groups in total. The van der Waals surface area contributed by atoms with Gasteiger partial charge < -0.3 is 19.7 Å². The average Bonchev–Trinajstić information content (AvgIpc) is 2.78. The number of amides is 1. The maximum Gasteiger partial charge on any atom is 0.270 e. The van der Waals surface area contributed by atoms with Gasteiger partial charge in [-0.25, -0.2) is 0 Å². The highest BCUT2D eigenvalue weighted by molar-refractivity contribution is 6.00. The van der Waals surface area contributed by atoms with E-state index in [2.05, 4.69) is 17.1 Å². The number of nitro benzene ring substituents is 1. The number of ether oxygens (including phenoxy) is 2. The van der Waals surface area contributed by atoms with Crippen LogP contribution in [0.1, 0.15) is 48.7 Å². The van der Waals surface area contributed by atoms with E-state index >= 15 is 0 Å². The third-order valence-corrected chi connectivity index (χ3v) is 5.97. The molecule has 1 amide bonds. The van der Waals surface area contributed by atoms with Crippen LogP contribution >= 0.6 is 0 Å². The van der Waals surface area contributed by atoms with Crippen LogP contribution in [0.5, 0.6) is 11.5 Å². The van der Waals surface area contributed by atoms with Gasteiger partial charge in [0.1, 0.15) is 13.2 Å². The smallest absolute Gasteiger partial charge is 0.270 e. The number of hydrogen-bond donors (Lipinski definition) is 1. The van der Waals surface area contributed by atoms with Crippen molar-refractivity contribution < 1.29 is 19.2 Å². The zero-order valence-electron chi connectivity index (χ0n) is 17.8. The molecular weight excluding hydrogens is 398 g/mol. The Labute approximate surface area is 181 Å². The topological polar surface area (TPSA) is 93.9 Å². The number of fused-ring (bicyclic) bond motifs is 1. The maximum atomic E-state index is 13.2. The van der Waals surface area contributed by atoms with Crippen molar-refractivity contribution in [3.05, 3.63) is 57.6 Å². The molecule has 0 spiro atoms. The molecule has 164 valence electrons. The van der Waals surface area contributed by atoms with Crippen molar-refractivity contribution in [2.24, 2.45) is 5.92 Å². The number of non-ortho nitro benzene ring substituents is 1. The summed E-state index contributed by atoms with van der Waals surface area (Å²) < 4.78 is 11.2. The summed E-state index contributed by atoms with van der Waals surface area (Å²) >= 11 is 0. The number of carbonyl (C=O) groups is 1. The van der Waals surface area contributed by atoms with Crippen molar-refractivity contribution in [1.29, 1.82) is 0 Å². The van der Waals surface area contributed by atoms with E-state index in [4.69, 9.17) is 9.47 Å². The molecular formula is C23H27N3O5. The van der Waals surface area contributed by atoms with Crippen molar-refractivity contribution in [2.75, 3.05) is 31.2 Å².